The molecule has 0 bridgehead atoms. The summed E-state index contributed by atoms with van der Waals surface area (Å²) in [7, 11) is -1.54. The van der Waals surface area contributed by atoms with Crippen molar-refractivity contribution < 1.29 is 0 Å². The molecule has 3 heteroatoms. The molecule has 0 saturated heterocycles. The van der Waals surface area contributed by atoms with Crippen molar-refractivity contribution in [2.24, 2.45) is 9.98 Å². The number of aliphatic imine (C=N–C) groups is 2. The summed E-state index contributed by atoms with van der Waals surface area (Å²) in [6, 6.07) is 10.9. The van der Waals surface area contributed by atoms with Gasteiger partial charge >= 0.3 is 0 Å². The highest BCUT2D eigenvalue weighted by atomic mass is 28.3. The van der Waals surface area contributed by atoms with Crippen molar-refractivity contribution in [2.75, 3.05) is 6.54 Å². The van der Waals surface area contributed by atoms with Crippen LogP contribution in [0.4, 0.5) is 5.69 Å². The van der Waals surface area contributed by atoms with Crippen molar-refractivity contribution in [3.63, 3.8) is 0 Å². The third-order valence-electron chi connectivity index (χ3n) is 4.12. The standard InChI is InChI=1S/C19H28N2Si/c1-7-14-20-16-21-18-13-9-8-11-17(18)12-10-15-22(5,6)19(2,3)4/h8-9,11,13H,7,12,14H2,1-6H3. The summed E-state index contributed by atoms with van der Waals surface area (Å²) in [6.07, 6.45) is 1.75. The van der Waals surface area contributed by atoms with E-state index in [2.05, 4.69) is 74.3 Å². The molecule has 0 amide bonds. The lowest BCUT2D eigenvalue weighted by Gasteiger charge is -2.31. The molecule has 0 unspecified atom stereocenters. The first kappa shape index (κ1) is 18.4. The van der Waals surface area contributed by atoms with E-state index in [9.17, 15) is 0 Å². The first-order valence-corrected chi connectivity index (χ1v) is 11.0. The van der Waals surface area contributed by atoms with E-state index in [-0.39, 0.29) is 0 Å². The second-order valence-corrected chi connectivity index (χ2v) is 12.1. The Morgan fingerprint density at radius 2 is 1.82 bits per heavy atom. The SMILES string of the molecule is CCCN=C=Nc1ccccc1CC#C[Si](C)(C)C(C)(C)C. The Balaban J connectivity index is 2.91. The highest BCUT2D eigenvalue weighted by Crippen LogP contribution is 2.35. The average molecular weight is 313 g/mol. The van der Waals surface area contributed by atoms with Crippen LogP contribution in [0, 0.1) is 11.5 Å². The predicted molar refractivity (Wildman–Crippen MR) is 99.8 cm³/mol. The molecule has 0 atom stereocenters. The van der Waals surface area contributed by atoms with E-state index in [0.29, 0.717) is 5.04 Å². The Morgan fingerprint density at radius 1 is 1.14 bits per heavy atom. The summed E-state index contributed by atoms with van der Waals surface area (Å²) >= 11 is 0. The van der Waals surface area contributed by atoms with Crippen molar-refractivity contribution in [1.29, 1.82) is 0 Å². The molecule has 0 aliphatic heterocycles. The fourth-order valence-electron chi connectivity index (χ4n) is 1.57. The van der Waals surface area contributed by atoms with E-state index in [4.69, 9.17) is 0 Å². The van der Waals surface area contributed by atoms with Crippen LogP contribution in [0.2, 0.25) is 18.1 Å². The van der Waals surface area contributed by atoms with Gasteiger partial charge in [-0.15, -0.1) is 11.5 Å². The molecule has 118 valence electrons. The highest BCUT2D eigenvalue weighted by Gasteiger charge is 2.33. The number of benzene rings is 1. The van der Waals surface area contributed by atoms with Gasteiger partial charge in [-0.1, -0.05) is 59.0 Å². The topological polar surface area (TPSA) is 24.7 Å². The van der Waals surface area contributed by atoms with Gasteiger partial charge in [0.15, 0.2) is 0 Å². The molecule has 0 saturated carbocycles. The normalized spacial score (nSPS) is 11.2. The Kier molecular flexibility index (Phi) is 6.81. The van der Waals surface area contributed by atoms with E-state index in [1.165, 1.54) is 0 Å². The fraction of sp³-hybridized carbons (Fsp3) is 0.526. The highest BCUT2D eigenvalue weighted by molar-refractivity contribution is 6.87. The summed E-state index contributed by atoms with van der Waals surface area (Å²) in [5, 5.41) is 0.296. The van der Waals surface area contributed by atoms with Crippen molar-refractivity contribution >= 4 is 19.8 Å². The monoisotopic (exact) mass is 312 g/mol. The van der Waals surface area contributed by atoms with Gasteiger partial charge in [0.1, 0.15) is 8.07 Å². The van der Waals surface area contributed by atoms with Crippen molar-refractivity contribution in [3.8, 4) is 11.5 Å². The Bertz CT molecular complexity index is 606. The molecule has 1 aromatic rings. The molecular weight excluding hydrogens is 284 g/mol. The maximum absolute atomic E-state index is 4.33. The molecule has 0 aliphatic carbocycles. The Hall–Kier alpha value is -1.62. The number of nitrogens with zero attached hydrogens (tertiary/aromatic N) is 2. The molecule has 1 rings (SSSR count). The average Bonchev–Trinajstić information content (AvgIpc) is 2.43. The largest absolute Gasteiger partial charge is 0.225 e. The van der Waals surface area contributed by atoms with Gasteiger partial charge in [-0.25, -0.2) is 4.99 Å². The zero-order chi connectivity index (χ0) is 16.6. The summed E-state index contributed by atoms with van der Waals surface area (Å²) in [6.45, 7) is 14.4. The summed E-state index contributed by atoms with van der Waals surface area (Å²) < 4.78 is 0. The maximum Gasteiger partial charge on any atom is 0.137 e. The molecule has 0 heterocycles. The van der Waals surface area contributed by atoms with E-state index >= 15 is 0 Å². The van der Waals surface area contributed by atoms with Gasteiger partial charge in [0, 0.05) is 13.0 Å². The van der Waals surface area contributed by atoms with Crippen LogP contribution in [0.3, 0.4) is 0 Å². The van der Waals surface area contributed by atoms with Crippen LogP contribution in [-0.4, -0.2) is 20.6 Å². The Labute approximate surface area is 136 Å². The van der Waals surface area contributed by atoms with Crippen LogP contribution in [0.5, 0.6) is 0 Å². The van der Waals surface area contributed by atoms with Gasteiger partial charge in [-0.05, 0) is 23.1 Å². The molecule has 0 fully saturated rings. The minimum atomic E-state index is -1.54. The molecule has 22 heavy (non-hydrogen) atoms. The second kappa shape index (κ2) is 8.13. The fourth-order valence-corrected chi connectivity index (χ4v) is 2.47. The Morgan fingerprint density at radius 3 is 2.45 bits per heavy atom. The molecule has 2 nitrogen and oxygen atoms in total. The number of rotatable bonds is 4. The zero-order valence-corrected chi connectivity index (χ0v) is 15.8. The van der Waals surface area contributed by atoms with Crippen LogP contribution >= 0.6 is 0 Å². The van der Waals surface area contributed by atoms with Crippen LogP contribution < -0.4 is 0 Å². The number of para-hydroxylation sites is 1. The second-order valence-electron chi connectivity index (χ2n) is 7.08. The lowest BCUT2D eigenvalue weighted by atomic mass is 10.1. The van der Waals surface area contributed by atoms with Crippen molar-refractivity contribution in [2.45, 2.75) is 58.7 Å². The first-order chi connectivity index (χ1) is 10.3. The minimum Gasteiger partial charge on any atom is -0.225 e. The van der Waals surface area contributed by atoms with Crippen LogP contribution in [0.15, 0.2) is 34.3 Å². The molecule has 0 N–H and O–H groups in total. The third kappa shape index (κ3) is 5.64. The number of hydrogen-bond acceptors (Lipinski definition) is 2. The smallest absolute Gasteiger partial charge is 0.137 e. The van der Waals surface area contributed by atoms with Crippen LogP contribution in [-0.2, 0) is 6.42 Å². The summed E-state index contributed by atoms with van der Waals surface area (Å²) in [4.78, 5) is 8.47. The van der Waals surface area contributed by atoms with Crippen LogP contribution in [0.1, 0.15) is 39.7 Å². The molecule has 0 aromatic heterocycles. The van der Waals surface area contributed by atoms with E-state index in [1.54, 1.807) is 0 Å². The van der Waals surface area contributed by atoms with Crippen molar-refractivity contribution in [3.05, 3.63) is 29.8 Å². The van der Waals surface area contributed by atoms with Gasteiger partial charge in [0.25, 0.3) is 0 Å². The van der Waals surface area contributed by atoms with Crippen molar-refractivity contribution in [1.82, 2.24) is 0 Å². The molecule has 1 aromatic carbocycles. The lowest BCUT2D eigenvalue weighted by molar-refractivity contribution is 0.731. The minimum absolute atomic E-state index is 0.296. The van der Waals surface area contributed by atoms with E-state index < -0.39 is 8.07 Å². The quantitative estimate of drug-likeness (QED) is 0.399. The molecule has 0 spiro atoms. The maximum atomic E-state index is 4.33. The summed E-state index contributed by atoms with van der Waals surface area (Å²) in [5.74, 6) is 3.38. The molecular formula is C19H28N2Si. The van der Waals surface area contributed by atoms with Gasteiger partial charge in [0.05, 0.1) is 11.7 Å². The zero-order valence-electron chi connectivity index (χ0n) is 14.8. The van der Waals surface area contributed by atoms with E-state index in [0.717, 1.165) is 30.6 Å². The van der Waals surface area contributed by atoms with Gasteiger partial charge in [-0.2, -0.15) is 4.99 Å². The molecule has 0 aliphatic rings. The third-order valence-corrected chi connectivity index (χ3v) is 8.67. The lowest BCUT2D eigenvalue weighted by Crippen LogP contribution is -2.35. The first-order valence-electron chi connectivity index (χ1n) is 7.98. The summed E-state index contributed by atoms with van der Waals surface area (Å²) in [5.41, 5.74) is 5.62. The van der Waals surface area contributed by atoms with Gasteiger partial charge in [0.2, 0.25) is 0 Å². The van der Waals surface area contributed by atoms with Crippen LogP contribution in [0.25, 0.3) is 0 Å². The predicted octanol–water partition coefficient (Wildman–Crippen LogP) is 5.50. The van der Waals surface area contributed by atoms with Gasteiger partial charge < -0.3 is 0 Å². The van der Waals surface area contributed by atoms with E-state index in [1.807, 2.05) is 18.2 Å². The number of hydrogen-bond donors (Lipinski definition) is 0. The molecule has 0 radical (unpaired) electrons. The van der Waals surface area contributed by atoms with Gasteiger partial charge in [-0.3, -0.25) is 0 Å².